The van der Waals surface area contributed by atoms with Crippen molar-refractivity contribution in [3.8, 4) is 0 Å². The summed E-state index contributed by atoms with van der Waals surface area (Å²) in [4.78, 5) is 15.2. The van der Waals surface area contributed by atoms with Crippen molar-refractivity contribution in [2.24, 2.45) is 5.41 Å². The molecule has 1 aliphatic rings. The molecule has 0 unspecified atom stereocenters. The average molecular weight is 308 g/mol. The van der Waals surface area contributed by atoms with Crippen LogP contribution >= 0.6 is 12.2 Å². The number of hydrogen-bond donors (Lipinski definition) is 2. The number of pyridine rings is 1. The van der Waals surface area contributed by atoms with Crippen LogP contribution < -0.4 is 5.32 Å². The lowest BCUT2D eigenvalue weighted by atomic mass is 9.64. The Morgan fingerprint density at radius 1 is 1.57 bits per heavy atom. The van der Waals surface area contributed by atoms with Gasteiger partial charge in [0.15, 0.2) is 0 Å². The van der Waals surface area contributed by atoms with Crippen LogP contribution in [0.25, 0.3) is 0 Å². The molecule has 5 heteroatoms. The molecule has 2 N–H and O–H groups in total. The van der Waals surface area contributed by atoms with Crippen molar-refractivity contribution in [3.63, 3.8) is 0 Å². The minimum Gasteiger partial charge on any atom is -0.378 e. The monoisotopic (exact) mass is 308 g/mol. The summed E-state index contributed by atoms with van der Waals surface area (Å²) in [5.41, 5.74) is 0.488. The van der Waals surface area contributed by atoms with E-state index >= 15 is 0 Å². The van der Waals surface area contributed by atoms with Crippen LogP contribution in [0.3, 0.4) is 0 Å². The maximum Gasteiger partial charge on any atom is 0.254 e. The summed E-state index contributed by atoms with van der Waals surface area (Å²) in [6.45, 7) is 7.24. The van der Waals surface area contributed by atoms with Gasteiger partial charge in [0.05, 0.1) is 11.7 Å². The number of H-pyrrole nitrogens is 1. The molecule has 1 amide bonds. The van der Waals surface area contributed by atoms with Gasteiger partial charge in [0, 0.05) is 24.3 Å². The first-order valence-electron chi connectivity index (χ1n) is 7.57. The molecule has 0 radical (unpaired) electrons. The second-order valence-corrected chi connectivity index (χ2v) is 6.62. The maximum absolute atomic E-state index is 12.3. The molecule has 1 aliphatic carbocycles. The van der Waals surface area contributed by atoms with Crippen LogP contribution in [0.1, 0.15) is 50.4 Å². The molecule has 0 aliphatic heterocycles. The van der Waals surface area contributed by atoms with Crippen LogP contribution in [0.15, 0.2) is 18.3 Å². The predicted molar refractivity (Wildman–Crippen MR) is 85.9 cm³/mol. The van der Waals surface area contributed by atoms with E-state index in [1.165, 1.54) is 0 Å². The van der Waals surface area contributed by atoms with Crippen LogP contribution in [0.4, 0.5) is 0 Å². The molecule has 2 atom stereocenters. The summed E-state index contributed by atoms with van der Waals surface area (Å²) >= 11 is 5.15. The van der Waals surface area contributed by atoms with Gasteiger partial charge in [-0.1, -0.05) is 39.4 Å². The first kappa shape index (κ1) is 16.2. The minimum atomic E-state index is -0.109. The number of carbonyl (C=O) groups excluding carboxylic acids is 1. The fourth-order valence-electron chi connectivity index (χ4n) is 2.62. The molecule has 1 aromatic heterocycles. The van der Waals surface area contributed by atoms with Crippen molar-refractivity contribution in [3.05, 3.63) is 28.5 Å². The van der Waals surface area contributed by atoms with Crippen molar-refractivity contribution in [1.29, 1.82) is 0 Å². The Balaban J connectivity index is 1.92. The summed E-state index contributed by atoms with van der Waals surface area (Å²) < 4.78 is 6.37. The lowest BCUT2D eigenvalue weighted by Gasteiger charge is -2.51. The highest BCUT2D eigenvalue weighted by Gasteiger charge is 2.49. The Morgan fingerprint density at radius 3 is 2.95 bits per heavy atom. The molecule has 4 nitrogen and oxygen atoms in total. The summed E-state index contributed by atoms with van der Waals surface area (Å²) in [5, 5.41) is 3.08. The first-order chi connectivity index (χ1) is 9.96. The van der Waals surface area contributed by atoms with Crippen LogP contribution in [0.5, 0.6) is 0 Å². The molecule has 1 saturated carbocycles. The summed E-state index contributed by atoms with van der Waals surface area (Å²) in [7, 11) is 0. The third-order valence-electron chi connectivity index (χ3n) is 4.36. The van der Waals surface area contributed by atoms with Crippen molar-refractivity contribution in [1.82, 2.24) is 10.3 Å². The van der Waals surface area contributed by atoms with Gasteiger partial charge in [0.1, 0.15) is 4.64 Å². The molecule has 1 aromatic rings. The van der Waals surface area contributed by atoms with Crippen LogP contribution in [-0.4, -0.2) is 29.6 Å². The second kappa shape index (κ2) is 6.71. The number of amides is 1. The second-order valence-electron chi connectivity index (χ2n) is 6.21. The van der Waals surface area contributed by atoms with Gasteiger partial charge in [-0.15, -0.1) is 0 Å². The highest BCUT2D eigenvalue weighted by molar-refractivity contribution is 7.71. The first-order valence-corrected chi connectivity index (χ1v) is 7.97. The third kappa shape index (κ3) is 3.52. The SMILES string of the molecule is CCCCO[C@@H]1C[C@@H](NC(=O)c2ccc[nH]c2=S)C1(C)C. The zero-order valence-electron chi connectivity index (χ0n) is 12.9. The molecule has 1 fully saturated rings. The fraction of sp³-hybridized carbons (Fsp3) is 0.625. The maximum atomic E-state index is 12.3. The minimum absolute atomic E-state index is 0.0382. The highest BCUT2D eigenvalue weighted by atomic mass is 32.1. The molecule has 0 aromatic carbocycles. The van der Waals surface area contributed by atoms with E-state index < -0.39 is 0 Å². The molecule has 0 saturated heterocycles. The van der Waals surface area contributed by atoms with Crippen LogP contribution in [0, 0.1) is 10.1 Å². The summed E-state index contributed by atoms with van der Waals surface area (Å²) in [6, 6.07) is 3.66. The van der Waals surface area contributed by atoms with Crippen LogP contribution in [0.2, 0.25) is 0 Å². The molecule has 1 heterocycles. The summed E-state index contributed by atoms with van der Waals surface area (Å²) in [6.07, 6.45) is 5.04. The van der Waals surface area contributed by atoms with Crippen molar-refractivity contribution < 1.29 is 9.53 Å². The highest BCUT2D eigenvalue weighted by Crippen LogP contribution is 2.42. The molecule has 116 valence electrons. The van der Waals surface area contributed by atoms with Crippen molar-refractivity contribution in [2.45, 2.75) is 52.2 Å². The zero-order chi connectivity index (χ0) is 15.5. The Kier molecular flexibility index (Phi) is 5.17. The topological polar surface area (TPSA) is 54.1 Å². The van der Waals surface area contributed by atoms with E-state index in [0.29, 0.717) is 10.2 Å². The van der Waals surface area contributed by atoms with Gasteiger partial charge in [-0.2, -0.15) is 0 Å². The fourth-order valence-corrected chi connectivity index (χ4v) is 2.85. The van der Waals surface area contributed by atoms with Crippen LogP contribution in [-0.2, 0) is 4.74 Å². The van der Waals surface area contributed by atoms with Gasteiger partial charge in [-0.05, 0) is 25.0 Å². The molecular weight excluding hydrogens is 284 g/mol. The number of hydrogen-bond acceptors (Lipinski definition) is 3. The van der Waals surface area contributed by atoms with Gasteiger partial charge in [-0.3, -0.25) is 4.79 Å². The van der Waals surface area contributed by atoms with E-state index in [2.05, 4.69) is 31.1 Å². The number of unbranched alkanes of at least 4 members (excludes halogenated alkanes) is 1. The van der Waals surface area contributed by atoms with E-state index in [4.69, 9.17) is 17.0 Å². The smallest absolute Gasteiger partial charge is 0.254 e. The molecule has 0 bridgehead atoms. The van der Waals surface area contributed by atoms with E-state index in [1.807, 2.05) is 0 Å². The quantitative estimate of drug-likeness (QED) is 0.625. The molecule has 0 spiro atoms. The van der Waals surface area contributed by atoms with Crippen molar-refractivity contribution in [2.75, 3.05) is 6.61 Å². The number of aromatic nitrogens is 1. The Morgan fingerprint density at radius 2 is 2.33 bits per heavy atom. The standard InChI is InChI=1S/C16H24N2O2S/c1-4-5-9-20-13-10-12(16(13,2)3)18-14(19)11-7-6-8-17-15(11)21/h6-8,12-13H,4-5,9-10H2,1-3H3,(H,17,21)(H,18,19)/t12-,13-/m1/s1. The Hall–Kier alpha value is -1.20. The Labute approximate surface area is 131 Å². The van der Waals surface area contributed by atoms with Crippen molar-refractivity contribution >= 4 is 18.1 Å². The van der Waals surface area contributed by atoms with Gasteiger partial charge in [0.2, 0.25) is 0 Å². The van der Waals surface area contributed by atoms with E-state index in [-0.39, 0.29) is 23.5 Å². The average Bonchev–Trinajstić information content (AvgIpc) is 2.45. The van der Waals surface area contributed by atoms with Gasteiger partial charge < -0.3 is 15.0 Å². The number of nitrogens with one attached hydrogen (secondary N) is 2. The number of ether oxygens (including phenoxy) is 1. The number of rotatable bonds is 6. The number of aromatic amines is 1. The zero-order valence-corrected chi connectivity index (χ0v) is 13.8. The van der Waals surface area contributed by atoms with E-state index in [1.54, 1.807) is 18.3 Å². The molecular formula is C16H24N2O2S. The lowest BCUT2D eigenvalue weighted by molar-refractivity contribution is -0.115. The third-order valence-corrected chi connectivity index (χ3v) is 4.70. The van der Waals surface area contributed by atoms with E-state index in [0.717, 1.165) is 25.9 Å². The Bertz CT molecular complexity index is 553. The lowest BCUT2D eigenvalue weighted by Crippen LogP contribution is -2.62. The van der Waals surface area contributed by atoms with E-state index in [9.17, 15) is 4.79 Å². The largest absolute Gasteiger partial charge is 0.378 e. The normalized spacial score (nSPS) is 23.4. The number of carbonyl (C=O) groups is 1. The molecule has 21 heavy (non-hydrogen) atoms. The van der Waals surface area contributed by atoms with Gasteiger partial charge >= 0.3 is 0 Å². The molecule has 2 rings (SSSR count). The summed E-state index contributed by atoms with van der Waals surface area (Å²) in [5.74, 6) is -0.109. The van der Waals surface area contributed by atoms with Gasteiger partial charge in [-0.25, -0.2) is 0 Å². The van der Waals surface area contributed by atoms with Gasteiger partial charge in [0.25, 0.3) is 5.91 Å². The predicted octanol–water partition coefficient (Wildman–Crippen LogP) is 3.46.